The predicted octanol–water partition coefficient (Wildman–Crippen LogP) is 20.0. The van der Waals surface area contributed by atoms with Gasteiger partial charge in [0.1, 0.15) is 29.1 Å². The largest absolute Gasteiger partial charge is 0.412 e. The number of sulfonamides is 1. The molecule has 0 unspecified atom stereocenters. The van der Waals surface area contributed by atoms with Gasteiger partial charge in [-0.25, -0.2) is 40.6 Å². The van der Waals surface area contributed by atoms with Gasteiger partial charge in [-0.2, -0.15) is 4.31 Å². The van der Waals surface area contributed by atoms with Crippen molar-refractivity contribution in [2.24, 2.45) is 0 Å². The van der Waals surface area contributed by atoms with Crippen LogP contribution in [0.15, 0.2) is 337 Å². The molecule has 0 bridgehead atoms. The maximum absolute atomic E-state index is 13.3. The Morgan fingerprint density at radius 2 is 0.677 bits per heavy atom. The van der Waals surface area contributed by atoms with Crippen LogP contribution in [-0.2, 0) is 73.5 Å². The molecular formula is C104H113AcClF2N12O5S2. The molecule has 1 radical (unpaired) electrons. The molecule has 7 heterocycles. The Balaban J connectivity index is 0.000000139. The van der Waals surface area contributed by atoms with Crippen molar-refractivity contribution in [3.05, 3.63) is 390 Å². The maximum atomic E-state index is 13.3. The summed E-state index contributed by atoms with van der Waals surface area (Å²) in [5, 5.41) is 7.16. The number of piperidine rings is 4. The second-order valence-electron chi connectivity index (χ2n) is 33.8. The van der Waals surface area contributed by atoms with Gasteiger partial charge in [-0.15, -0.1) is 0 Å². The molecule has 655 valence electrons. The minimum Gasteiger partial charge on any atom is -0.412 e. The van der Waals surface area contributed by atoms with Crippen molar-refractivity contribution >= 4 is 74.2 Å². The molecule has 0 aliphatic carbocycles. The molecule has 0 atom stereocenters. The fourth-order valence-corrected chi connectivity index (χ4v) is 21.0. The number of nitrogens with one attached hydrogen (secondary N) is 2. The van der Waals surface area contributed by atoms with Gasteiger partial charge in [-0.1, -0.05) is 231 Å². The Kier molecular flexibility index (Phi) is 32.3. The molecule has 19 rings (SSSR count). The van der Waals surface area contributed by atoms with Gasteiger partial charge in [-0.3, -0.25) is 9.80 Å². The third kappa shape index (κ3) is 23.2. The number of hydrogen-bond donors (Lipinski definition) is 3. The van der Waals surface area contributed by atoms with Gasteiger partial charge in [-0.05, 0) is 242 Å². The van der Waals surface area contributed by atoms with E-state index in [1.54, 1.807) is 0 Å². The zero-order valence-corrected chi connectivity index (χ0v) is 79.6. The number of nitrogens with zero attached hydrogens (tertiary/aromatic N) is 9. The van der Waals surface area contributed by atoms with Crippen molar-refractivity contribution in [2.75, 3.05) is 70.0 Å². The van der Waals surface area contributed by atoms with E-state index in [-0.39, 0.29) is 81.0 Å². The maximum Gasteiger partial charge on any atom is 0.261 e. The van der Waals surface area contributed by atoms with E-state index in [1.165, 1.54) is 85.8 Å². The number of imidazole rings is 3. The zero-order chi connectivity index (χ0) is 86.9. The molecule has 4 aliphatic rings. The van der Waals surface area contributed by atoms with Crippen LogP contribution in [0.25, 0.3) is 33.1 Å². The molecule has 12 aromatic carbocycles. The predicted molar refractivity (Wildman–Crippen MR) is 507 cm³/mol. The number of nitrogen functional groups attached to an aromatic ring is 1. The topological polar surface area (TPSA) is 213 Å². The Morgan fingerprint density at radius 3 is 1.04 bits per heavy atom. The Hall–Kier alpha value is -10.1. The quantitative estimate of drug-likeness (QED) is 0.0480. The van der Waals surface area contributed by atoms with E-state index in [0.717, 1.165) is 179 Å². The smallest absolute Gasteiger partial charge is 0.261 e. The molecule has 23 heteroatoms. The molecule has 4 aliphatic heterocycles. The van der Waals surface area contributed by atoms with Crippen LogP contribution in [0.4, 0.5) is 20.2 Å². The summed E-state index contributed by atoms with van der Waals surface area (Å²) in [6.45, 7) is 19.4. The van der Waals surface area contributed by atoms with Crippen molar-refractivity contribution in [2.45, 2.75) is 136 Å². The number of aryl methyl sites for hydroxylation is 3. The molecule has 17 nitrogen and oxygen atoms in total. The van der Waals surface area contributed by atoms with Gasteiger partial charge in [0.25, 0.3) is 9.05 Å². The second kappa shape index (κ2) is 43.4. The van der Waals surface area contributed by atoms with E-state index in [0.29, 0.717) is 25.9 Å². The average Bonchev–Trinajstić information content (AvgIpc) is 1.74. The van der Waals surface area contributed by atoms with E-state index in [4.69, 9.17) is 31.4 Å². The summed E-state index contributed by atoms with van der Waals surface area (Å²) < 4.78 is 81.7. The standard InChI is InChI=1S/C27H29N3.C26H26FN3O2S.C25H29N3.C20H23N3.C6H4ClFO2S.Ac.H2O/c1-22-28-25-14-8-9-15-26(25)30(22)21-27(24-12-6-3-7-13-24)16-18-29(19-17-27)20-23-10-4-2-5-11-23;1-20-28-24-9-5-6-10-25(24)30(20)19-26(21-7-3-2-4-8-21)15-17-29(18-16-26)33(31,32)23-13-11-22(27)12-14-23;26-23-13-7-8-14-24(23)27-20-25(22-11-5-2-6-12-22)15-17-28(18-16-25)19-21-9-3-1-4-10-21;1-16-22-18-9-5-6-10-19(18)23(16)15-20(11-13-21-14-12-20)17-7-3-2-4-8-17;7-11(9,10)6-3-1-5(8)2-4-6;;/h2-15H,16-21H2,1H3;2-14H,15-19H2,1H3;1-14,27H,15-20,26H2;2-10,21H,11-15H2,1H3;1-4H;;1H2. The number of rotatable bonds is 20. The number of anilines is 2. The molecule has 3 aromatic heterocycles. The molecule has 15 aromatic rings. The van der Waals surface area contributed by atoms with Crippen LogP contribution >= 0.6 is 10.7 Å². The summed E-state index contributed by atoms with van der Waals surface area (Å²) >= 11 is 0. The molecule has 0 saturated carbocycles. The van der Waals surface area contributed by atoms with Crippen LogP contribution in [0.5, 0.6) is 0 Å². The van der Waals surface area contributed by atoms with Crippen molar-refractivity contribution in [3.8, 4) is 0 Å². The van der Waals surface area contributed by atoms with Gasteiger partial charge >= 0.3 is 0 Å². The van der Waals surface area contributed by atoms with Gasteiger partial charge in [0.2, 0.25) is 10.0 Å². The van der Waals surface area contributed by atoms with Crippen LogP contribution in [0.2, 0.25) is 0 Å². The van der Waals surface area contributed by atoms with Crippen LogP contribution in [0.3, 0.4) is 0 Å². The third-order valence-electron chi connectivity index (χ3n) is 26.0. The fraction of sp³-hybridized carbons (Fsp3) is 0.279. The van der Waals surface area contributed by atoms with E-state index in [9.17, 15) is 25.6 Å². The first kappa shape index (κ1) is 94.5. The minimum absolute atomic E-state index is 0. The zero-order valence-electron chi connectivity index (χ0n) is 72.5. The molecular weight excluding hydrogens is 1860 g/mol. The number of likely N-dealkylation sites (tertiary alicyclic amines) is 2. The summed E-state index contributed by atoms with van der Waals surface area (Å²) in [7, 11) is -2.42. The molecule has 127 heavy (non-hydrogen) atoms. The van der Waals surface area contributed by atoms with Crippen LogP contribution in [0.1, 0.15) is 102 Å². The Morgan fingerprint density at radius 1 is 0.378 bits per heavy atom. The van der Waals surface area contributed by atoms with Crippen molar-refractivity contribution in [1.29, 1.82) is 0 Å². The molecule has 4 saturated heterocycles. The Labute approximate surface area is 786 Å². The van der Waals surface area contributed by atoms with Crippen molar-refractivity contribution in [1.82, 2.24) is 48.1 Å². The third-order valence-corrected chi connectivity index (χ3v) is 29.2. The second-order valence-corrected chi connectivity index (χ2v) is 38.3. The Bertz CT molecular complexity index is 6240. The first-order chi connectivity index (χ1) is 60.7. The van der Waals surface area contributed by atoms with Gasteiger partial charge in [0.05, 0.1) is 54.3 Å². The van der Waals surface area contributed by atoms with Crippen LogP contribution in [-0.4, -0.2) is 124 Å². The summed E-state index contributed by atoms with van der Waals surface area (Å²) in [6.07, 6.45) is 8.32. The van der Waals surface area contributed by atoms with Crippen molar-refractivity contribution < 1.29 is 75.2 Å². The van der Waals surface area contributed by atoms with E-state index < -0.39 is 30.7 Å². The summed E-state index contributed by atoms with van der Waals surface area (Å²) in [5.41, 5.74) is 23.4. The summed E-state index contributed by atoms with van der Waals surface area (Å²) in [6, 6.07) is 108. The SMILES string of the molecule is Cc1nc2ccccc2n1CC1(c2ccccc2)CCN(Cc2ccccc2)CC1.Cc1nc2ccccc2n1CC1(c2ccccc2)CCN(S(=O)(=O)c2ccc(F)cc2)CC1.Cc1nc2ccccc2n1CC1(c2ccccc2)CCNCC1.Nc1ccccc1NCC1(c2ccccc2)CCN(Cc2ccccc2)CC1.O.O=S(=O)(Cl)c1ccc(F)cc1.[Ac]. The monoisotopic (exact) mass is 1970 g/mol. The first-order valence-electron chi connectivity index (χ1n) is 43.4. The molecule has 6 N–H and O–H groups in total. The van der Waals surface area contributed by atoms with Crippen LogP contribution in [0, 0.1) is 76.5 Å². The number of para-hydroxylation sites is 8. The van der Waals surface area contributed by atoms with Crippen molar-refractivity contribution in [3.63, 3.8) is 0 Å². The number of aromatic nitrogens is 6. The number of benzene rings is 12. The number of nitrogens with two attached hydrogens (primary N) is 1. The fourth-order valence-electron chi connectivity index (χ4n) is 18.7. The summed E-state index contributed by atoms with van der Waals surface area (Å²) in [5.74, 6) is 2.24. The number of fused-ring (bicyclic) bond motifs is 3. The van der Waals surface area contributed by atoms with E-state index >= 15 is 0 Å². The minimum atomic E-state index is -3.71. The van der Waals surface area contributed by atoms with Gasteiger partial charge in [0.15, 0.2) is 0 Å². The summed E-state index contributed by atoms with van der Waals surface area (Å²) in [4.78, 5) is 19.5. The first-order valence-corrected chi connectivity index (χ1v) is 47.2. The van der Waals surface area contributed by atoms with Gasteiger partial charge in [0, 0.05) is 129 Å². The number of halogens is 3. The molecule has 4 fully saturated rings. The number of hydrogen-bond acceptors (Lipinski definition) is 12. The normalized spacial score (nSPS) is 16.1. The molecule has 0 spiro atoms. The van der Waals surface area contributed by atoms with Gasteiger partial charge < -0.3 is 35.5 Å². The van der Waals surface area contributed by atoms with Crippen LogP contribution < -0.4 is 16.4 Å². The van der Waals surface area contributed by atoms with E-state index in [1.807, 2.05) is 61.5 Å². The average molecular weight is 1980 g/mol. The molecule has 0 amide bonds. The van der Waals surface area contributed by atoms with E-state index in [2.05, 4.69) is 272 Å².